The van der Waals surface area contributed by atoms with E-state index in [1.165, 1.54) is 7.11 Å². The zero-order valence-electron chi connectivity index (χ0n) is 7.54. The lowest BCUT2D eigenvalue weighted by Crippen LogP contribution is -2.16. The van der Waals surface area contributed by atoms with Crippen molar-refractivity contribution >= 4 is 17.3 Å². The molecule has 0 heterocycles. The second-order valence-corrected chi connectivity index (χ2v) is 3.62. The first kappa shape index (κ1) is 13.0. The van der Waals surface area contributed by atoms with Gasteiger partial charge in [-0.15, -0.1) is 4.91 Å². The van der Waals surface area contributed by atoms with Crippen molar-refractivity contribution in [1.82, 2.24) is 0 Å². The van der Waals surface area contributed by atoms with Crippen molar-refractivity contribution in [2.45, 2.75) is 24.6 Å². The van der Waals surface area contributed by atoms with E-state index in [0.29, 0.717) is 0 Å². The Kier molecular flexibility index (Phi) is 6.85. The molecule has 0 rings (SSSR count). The zero-order chi connectivity index (χ0) is 11.0. The molecule has 0 amide bonds. The van der Waals surface area contributed by atoms with Crippen LogP contribution in [0.4, 0.5) is 0 Å². The van der Waals surface area contributed by atoms with Crippen molar-refractivity contribution in [3.8, 4) is 0 Å². The Hall–Kier alpha value is -1.02. The van der Waals surface area contributed by atoms with Crippen LogP contribution in [0.2, 0.25) is 0 Å². The van der Waals surface area contributed by atoms with Crippen LogP contribution in [0.5, 0.6) is 0 Å². The van der Waals surface area contributed by atoms with Gasteiger partial charge >= 0.3 is 5.97 Å². The van der Waals surface area contributed by atoms with Crippen LogP contribution in [0.25, 0.3) is 0 Å². The molecule has 0 radical (unpaired) electrons. The predicted octanol–water partition coefficient (Wildman–Crippen LogP) is 0.852. The van der Waals surface area contributed by atoms with Crippen LogP contribution in [-0.4, -0.2) is 23.0 Å². The zero-order valence-corrected chi connectivity index (χ0v) is 8.36. The molecule has 0 bridgehead atoms. The number of nitroso groups, excluding NO2 is 2. The molecule has 0 aliphatic heterocycles. The standard InChI is InChI=1S/C6H10N2O5S/c1-13-6(9)4-2-3-5(7-10)14(12)8-11/h5H,2-4H2,1H3. The van der Waals surface area contributed by atoms with Crippen LogP contribution >= 0.6 is 0 Å². The van der Waals surface area contributed by atoms with Crippen LogP contribution in [0.1, 0.15) is 19.3 Å². The third-order valence-electron chi connectivity index (χ3n) is 1.48. The van der Waals surface area contributed by atoms with Crippen LogP contribution in [0, 0.1) is 9.81 Å². The summed E-state index contributed by atoms with van der Waals surface area (Å²) in [6.07, 6.45) is 0.458. The summed E-state index contributed by atoms with van der Waals surface area (Å²) in [6, 6.07) is 0. The normalized spacial score (nSPS) is 14.1. The summed E-state index contributed by atoms with van der Waals surface area (Å²) in [5, 5.41) is 1.32. The summed E-state index contributed by atoms with van der Waals surface area (Å²) < 4.78 is 17.2. The van der Waals surface area contributed by atoms with Crippen molar-refractivity contribution in [1.29, 1.82) is 0 Å². The van der Waals surface area contributed by atoms with Crippen molar-refractivity contribution in [2.75, 3.05) is 7.11 Å². The molecule has 7 nitrogen and oxygen atoms in total. The lowest BCUT2D eigenvalue weighted by Gasteiger charge is -2.05. The average molecular weight is 222 g/mol. The number of methoxy groups -OCH3 is 1. The fraction of sp³-hybridized carbons (Fsp3) is 0.833. The summed E-state index contributed by atoms with van der Waals surface area (Å²) in [7, 11) is 1.24. The Morgan fingerprint density at radius 1 is 1.57 bits per heavy atom. The number of rotatable bonds is 7. The summed E-state index contributed by atoms with van der Waals surface area (Å²) in [6.45, 7) is 0. The molecule has 0 aromatic carbocycles. The van der Waals surface area contributed by atoms with E-state index in [1.807, 2.05) is 0 Å². The molecule has 0 aliphatic rings. The molecule has 14 heavy (non-hydrogen) atoms. The number of ether oxygens (including phenoxy) is 1. The predicted molar refractivity (Wildman–Crippen MR) is 49.4 cm³/mol. The minimum Gasteiger partial charge on any atom is -0.587 e. The summed E-state index contributed by atoms with van der Waals surface area (Å²) >= 11 is -2.14. The van der Waals surface area contributed by atoms with Crippen LogP contribution < -0.4 is 0 Å². The molecule has 2 atom stereocenters. The highest BCUT2D eigenvalue weighted by atomic mass is 32.2. The molecule has 0 aromatic rings. The highest BCUT2D eigenvalue weighted by Crippen LogP contribution is 2.13. The third-order valence-corrected chi connectivity index (χ3v) is 2.42. The number of esters is 1. The van der Waals surface area contributed by atoms with Crippen molar-refractivity contribution in [3.05, 3.63) is 9.81 Å². The number of nitrogens with zero attached hydrogens (tertiary/aromatic N) is 2. The quantitative estimate of drug-likeness (QED) is 0.360. The lowest BCUT2D eigenvalue weighted by atomic mass is 10.2. The molecular formula is C6H10N2O5S. The highest BCUT2D eigenvalue weighted by Gasteiger charge is 2.25. The van der Waals surface area contributed by atoms with E-state index in [0.717, 1.165) is 0 Å². The third kappa shape index (κ3) is 4.87. The van der Waals surface area contributed by atoms with Crippen LogP contribution in [-0.2, 0) is 20.9 Å². The van der Waals surface area contributed by atoms with Gasteiger partial charge in [0.25, 0.3) is 5.37 Å². The van der Waals surface area contributed by atoms with Gasteiger partial charge in [0, 0.05) is 12.8 Å². The van der Waals surface area contributed by atoms with E-state index in [-0.39, 0.29) is 19.3 Å². The number of hydrogen-bond acceptors (Lipinski definition) is 7. The summed E-state index contributed by atoms with van der Waals surface area (Å²) in [4.78, 5) is 30.5. The number of carbonyl (C=O) groups is 1. The maximum atomic E-state index is 10.7. The van der Waals surface area contributed by atoms with E-state index >= 15 is 0 Å². The molecule has 0 fully saturated rings. The molecule has 0 saturated heterocycles. The molecular weight excluding hydrogens is 212 g/mol. The average Bonchev–Trinajstić information content (AvgIpc) is 2.22. The van der Waals surface area contributed by atoms with E-state index in [4.69, 9.17) is 0 Å². The topological polar surface area (TPSA) is 108 Å². The first-order valence-corrected chi connectivity index (χ1v) is 4.96. The Bertz CT molecular complexity index is 212. The molecule has 80 valence electrons. The molecule has 2 unspecified atom stereocenters. The fourth-order valence-corrected chi connectivity index (χ4v) is 1.30. The lowest BCUT2D eigenvalue weighted by molar-refractivity contribution is -0.140. The van der Waals surface area contributed by atoms with Gasteiger partial charge in [0.05, 0.1) is 7.11 Å². The molecule has 8 heteroatoms. The summed E-state index contributed by atoms with van der Waals surface area (Å²) in [5.74, 6) is -0.431. The smallest absolute Gasteiger partial charge is 0.305 e. The van der Waals surface area contributed by atoms with Gasteiger partial charge in [0.15, 0.2) is 15.9 Å². The minimum atomic E-state index is -2.14. The Morgan fingerprint density at radius 2 is 2.21 bits per heavy atom. The number of carbonyl (C=O) groups excluding carboxylic acids is 1. The maximum Gasteiger partial charge on any atom is 0.305 e. The second kappa shape index (κ2) is 7.39. The Balaban J connectivity index is 3.78. The van der Waals surface area contributed by atoms with Gasteiger partial charge < -0.3 is 9.29 Å². The van der Waals surface area contributed by atoms with Crippen molar-refractivity contribution in [3.63, 3.8) is 0 Å². The van der Waals surface area contributed by atoms with E-state index in [9.17, 15) is 19.2 Å². The van der Waals surface area contributed by atoms with Gasteiger partial charge in [-0.3, -0.25) is 4.79 Å². The minimum absolute atomic E-state index is 0.0803. The molecule has 0 aromatic heterocycles. The van der Waals surface area contributed by atoms with Crippen molar-refractivity contribution < 1.29 is 14.1 Å². The largest absolute Gasteiger partial charge is 0.587 e. The molecule has 0 N–H and O–H groups in total. The van der Waals surface area contributed by atoms with Gasteiger partial charge in [0.2, 0.25) is 0 Å². The van der Waals surface area contributed by atoms with Crippen LogP contribution in [0.3, 0.4) is 0 Å². The van der Waals surface area contributed by atoms with Gasteiger partial charge in [-0.25, -0.2) is 0 Å². The number of hydrogen-bond donors (Lipinski definition) is 0. The second-order valence-electron chi connectivity index (χ2n) is 2.38. The van der Waals surface area contributed by atoms with Crippen LogP contribution in [0.15, 0.2) is 9.76 Å². The molecule has 0 saturated carbocycles. The first-order valence-electron chi connectivity index (χ1n) is 3.79. The molecule has 0 spiro atoms. The maximum absolute atomic E-state index is 10.7. The Morgan fingerprint density at radius 3 is 2.64 bits per heavy atom. The van der Waals surface area contributed by atoms with Gasteiger partial charge in [-0.1, -0.05) is 4.91 Å². The van der Waals surface area contributed by atoms with E-state index in [2.05, 4.69) is 14.5 Å². The van der Waals surface area contributed by atoms with Gasteiger partial charge in [-0.2, -0.15) is 0 Å². The highest BCUT2D eigenvalue weighted by molar-refractivity contribution is 7.90. The monoisotopic (exact) mass is 222 g/mol. The van der Waals surface area contributed by atoms with E-state index in [1.54, 1.807) is 0 Å². The first-order chi connectivity index (χ1) is 6.65. The van der Waals surface area contributed by atoms with Gasteiger partial charge in [-0.05, 0) is 11.6 Å². The summed E-state index contributed by atoms with van der Waals surface area (Å²) in [5.41, 5.74) is 0. The Labute approximate surface area is 83.5 Å². The SMILES string of the molecule is COC(=O)CCCC(N=O)[S+]([O-])N=O. The van der Waals surface area contributed by atoms with Crippen molar-refractivity contribution in [2.24, 2.45) is 9.76 Å². The molecule has 0 aliphatic carbocycles. The van der Waals surface area contributed by atoms with E-state index < -0.39 is 22.7 Å². The van der Waals surface area contributed by atoms with Gasteiger partial charge in [0.1, 0.15) is 0 Å². The fourth-order valence-electron chi connectivity index (χ4n) is 0.763.